The zero-order valence-corrected chi connectivity index (χ0v) is 11.4. The summed E-state index contributed by atoms with van der Waals surface area (Å²) in [7, 11) is -3.49. The molecule has 18 heavy (non-hydrogen) atoms. The molecule has 2 rings (SSSR count). The molecule has 1 aromatic carbocycles. The Labute approximate surface area is 112 Å². The molecule has 1 aliphatic rings. The van der Waals surface area contributed by atoms with Crippen molar-refractivity contribution in [2.45, 2.75) is 11.3 Å². The van der Waals surface area contributed by atoms with Crippen LogP contribution in [0.4, 0.5) is 4.39 Å². The van der Waals surface area contributed by atoms with Crippen LogP contribution >= 0.6 is 12.4 Å². The topological polar surface area (TPSA) is 63.4 Å². The van der Waals surface area contributed by atoms with E-state index in [1.54, 1.807) is 0 Å². The van der Waals surface area contributed by atoms with Crippen LogP contribution in [0.2, 0.25) is 0 Å². The summed E-state index contributed by atoms with van der Waals surface area (Å²) in [4.78, 5) is 0.136. The van der Waals surface area contributed by atoms with Gasteiger partial charge in [-0.1, -0.05) is 0 Å². The molecule has 0 bridgehead atoms. The van der Waals surface area contributed by atoms with E-state index in [9.17, 15) is 12.8 Å². The van der Waals surface area contributed by atoms with Gasteiger partial charge < -0.3 is 5.73 Å². The molecule has 7 heteroatoms. The van der Waals surface area contributed by atoms with Crippen LogP contribution in [0.1, 0.15) is 6.42 Å². The summed E-state index contributed by atoms with van der Waals surface area (Å²) in [5, 5.41) is 0. The molecular formula is C11H16ClFN2O2S. The van der Waals surface area contributed by atoms with E-state index in [1.165, 1.54) is 16.4 Å². The number of rotatable bonds is 3. The molecule has 1 aliphatic heterocycles. The highest BCUT2D eigenvalue weighted by molar-refractivity contribution is 7.89. The van der Waals surface area contributed by atoms with Gasteiger partial charge in [-0.15, -0.1) is 12.4 Å². The second-order valence-electron chi connectivity index (χ2n) is 4.21. The Hall–Kier alpha value is -0.690. The first-order valence-electron chi connectivity index (χ1n) is 5.50. The predicted molar refractivity (Wildman–Crippen MR) is 69.6 cm³/mol. The van der Waals surface area contributed by atoms with Gasteiger partial charge in [-0.05, 0) is 43.1 Å². The summed E-state index contributed by atoms with van der Waals surface area (Å²) < 4.78 is 38.5. The maximum absolute atomic E-state index is 12.7. The highest BCUT2D eigenvalue weighted by Gasteiger charge is 2.31. The molecule has 4 nitrogen and oxygen atoms in total. The molecule has 1 fully saturated rings. The van der Waals surface area contributed by atoms with Gasteiger partial charge >= 0.3 is 0 Å². The molecule has 0 aliphatic carbocycles. The molecular weight excluding hydrogens is 279 g/mol. The third kappa shape index (κ3) is 3.00. The Morgan fingerprint density at radius 1 is 1.33 bits per heavy atom. The van der Waals surface area contributed by atoms with Crippen molar-refractivity contribution in [3.63, 3.8) is 0 Å². The molecule has 0 amide bonds. The first kappa shape index (κ1) is 15.4. The van der Waals surface area contributed by atoms with Gasteiger partial charge in [0.25, 0.3) is 0 Å². The number of benzene rings is 1. The Balaban J connectivity index is 0.00000162. The predicted octanol–water partition coefficient (Wildman–Crippen LogP) is 1.22. The second-order valence-corrected chi connectivity index (χ2v) is 6.15. The van der Waals surface area contributed by atoms with Gasteiger partial charge in [0, 0.05) is 13.1 Å². The SMILES string of the molecule is Cl.NCC1CCN(S(=O)(=O)c2ccc(F)cc2)C1. The summed E-state index contributed by atoms with van der Waals surface area (Å²) in [5.74, 6) is -0.213. The van der Waals surface area contributed by atoms with E-state index in [1.807, 2.05) is 0 Å². The smallest absolute Gasteiger partial charge is 0.243 e. The van der Waals surface area contributed by atoms with E-state index in [4.69, 9.17) is 5.73 Å². The van der Waals surface area contributed by atoms with E-state index < -0.39 is 15.8 Å². The highest BCUT2D eigenvalue weighted by Crippen LogP contribution is 2.23. The minimum atomic E-state index is -3.49. The van der Waals surface area contributed by atoms with E-state index in [0.29, 0.717) is 19.6 Å². The van der Waals surface area contributed by atoms with Gasteiger partial charge in [-0.2, -0.15) is 4.31 Å². The molecule has 102 valence electrons. The molecule has 0 spiro atoms. The number of hydrogen-bond acceptors (Lipinski definition) is 3. The minimum absolute atomic E-state index is 0. The molecule has 2 N–H and O–H groups in total. The van der Waals surface area contributed by atoms with Crippen LogP contribution in [-0.4, -0.2) is 32.4 Å². The van der Waals surface area contributed by atoms with Crippen LogP contribution in [0, 0.1) is 11.7 Å². The second kappa shape index (κ2) is 5.97. The van der Waals surface area contributed by atoms with Crippen LogP contribution in [0.5, 0.6) is 0 Å². The lowest BCUT2D eigenvalue weighted by atomic mass is 10.1. The monoisotopic (exact) mass is 294 g/mol. The largest absolute Gasteiger partial charge is 0.330 e. The van der Waals surface area contributed by atoms with Crippen LogP contribution in [-0.2, 0) is 10.0 Å². The van der Waals surface area contributed by atoms with Crippen LogP contribution in [0.25, 0.3) is 0 Å². The van der Waals surface area contributed by atoms with Crippen molar-refractivity contribution in [2.75, 3.05) is 19.6 Å². The summed E-state index contributed by atoms with van der Waals surface area (Å²) in [6.07, 6.45) is 0.789. The fourth-order valence-corrected chi connectivity index (χ4v) is 3.49. The van der Waals surface area contributed by atoms with Crippen molar-refractivity contribution in [3.05, 3.63) is 30.1 Å². The van der Waals surface area contributed by atoms with Crippen LogP contribution < -0.4 is 5.73 Å². The maximum Gasteiger partial charge on any atom is 0.243 e. The van der Waals surface area contributed by atoms with Gasteiger partial charge in [-0.25, -0.2) is 12.8 Å². The summed E-state index contributed by atoms with van der Waals surface area (Å²) >= 11 is 0. The summed E-state index contributed by atoms with van der Waals surface area (Å²) in [6.45, 7) is 1.44. The molecule has 0 radical (unpaired) electrons. The molecule has 0 saturated carbocycles. The fraction of sp³-hybridized carbons (Fsp3) is 0.455. The van der Waals surface area contributed by atoms with Gasteiger partial charge in [0.15, 0.2) is 0 Å². The molecule has 1 saturated heterocycles. The number of nitrogens with two attached hydrogens (primary N) is 1. The quantitative estimate of drug-likeness (QED) is 0.911. The first-order valence-corrected chi connectivity index (χ1v) is 6.94. The normalized spacial score (nSPS) is 20.7. The van der Waals surface area contributed by atoms with Crippen molar-refractivity contribution >= 4 is 22.4 Å². The van der Waals surface area contributed by atoms with Gasteiger partial charge in [0.1, 0.15) is 5.82 Å². The van der Waals surface area contributed by atoms with Crippen molar-refractivity contribution in [2.24, 2.45) is 11.7 Å². The molecule has 1 unspecified atom stereocenters. The molecule has 1 aromatic rings. The van der Waals surface area contributed by atoms with Crippen molar-refractivity contribution in [1.29, 1.82) is 0 Å². The van der Waals surface area contributed by atoms with E-state index in [2.05, 4.69) is 0 Å². The summed E-state index contributed by atoms with van der Waals surface area (Å²) in [5.41, 5.74) is 5.53. The number of halogens is 2. The number of nitrogens with zero attached hydrogens (tertiary/aromatic N) is 1. The third-order valence-electron chi connectivity index (χ3n) is 3.03. The van der Waals surface area contributed by atoms with E-state index >= 15 is 0 Å². The number of sulfonamides is 1. The van der Waals surface area contributed by atoms with Crippen LogP contribution in [0.15, 0.2) is 29.2 Å². The van der Waals surface area contributed by atoms with Crippen molar-refractivity contribution < 1.29 is 12.8 Å². The maximum atomic E-state index is 12.7. The Morgan fingerprint density at radius 3 is 2.44 bits per heavy atom. The highest BCUT2D eigenvalue weighted by atomic mass is 35.5. The van der Waals surface area contributed by atoms with Crippen molar-refractivity contribution in [1.82, 2.24) is 4.31 Å². The van der Waals surface area contributed by atoms with Crippen molar-refractivity contribution in [3.8, 4) is 0 Å². The molecule has 1 atom stereocenters. The zero-order chi connectivity index (χ0) is 12.5. The third-order valence-corrected chi connectivity index (χ3v) is 4.91. The average molecular weight is 295 g/mol. The zero-order valence-electron chi connectivity index (χ0n) is 9.75. The Bertz CT molecular complexity index is 492. The standard InChI is InChI=1S/C11H15FN2O2S.ClH/c12-10-1-3-11(4-2-10)17(15,16)14-6-5-9(7-13)8-14;/h1-4,9H,5-8,13H2;1H. The van der Waals surface area contributed by atoms with Gasteiger partial charge in [0.2, 0.25) is 10.0 Å². The molecule has 1 heterocycles. The van der Waals surface area contributed by atoms with Crippen LogP contribution in [0.3, 0.4) is 0 Å². The minimum Gasteiger partial charge on any atom is -0.330 e. The number of hydrogen-bond donors (Lipinski definition) is 1. The van der Waals surface area contributed by atoms with E-state index in [0.717, 1.165) is 18.6 Å². The lowest BCUT2D eigenvalue weighted by Gasteiger charge is -2.16. The van der Waals surface area contributed by atoms with E-state index in [-0.39, 0.29) is 23.2 Å². The summed E-state index contributed by atoms with van der Waals surface area (Å²) in [6, 6.07) is 4.90. The lowest BCUT2D eigenvalue weighted by molar-refractivity contribution is 0.459. The first-order chi connectivity index (χ1) is 8.04. The Kier molecular flexibility index (Phi) is 5.10. The average Bonchev–Trinajstić information content (AvgIpc) is 2.78. The fourth-order valence-electron chi connectivity index (χ4n) is 1.96. The lowest BCUT2D eigenvalue weighted by Crippen LogP contribution is -2.30. The van der Waals surface area contributed by atoms with Gasteiger partial charge in [-0.3, -0.25) is 0 Å². The molecule has 0 aromatic heterocycles. The Morgan fingerprint density at radius 2 is 1.94 bits per heavy atom. The van der Waals surface area contributed by atoms with Gasteiger partial charge in [0.05, 0.1) is 4.90 Å².